The predicted octanol–water partition coefficient (Wildman–Crippen LogP) is 2.77. The molecular formula is C23H28N4O4. The van der Waals surface area contributed by atoms with Gasteiger partial charge in [0.15, 0.2) is 6.79 Å². The molecule has 1 fully saturated rings. The molecule has 8 heteroatoms. The second kappa shape index (κ2) is 10.8. The number of benzene rings is 1. The fourth-order valence-electron chi connectivity index (χ4n) is 3.65. The Balaban J connectivity index is 1.76. The Morgan fingerprint density at radius 1 is 1.39 bits per heavy atom. The first-order valence-corrected chi connectivity index (χ1v) is 10.4. The Hall–Kier alpha value is -3.15. The van der Waals surface area contributed by atoms with Gasteiger partial charge in [0.05, 0.1) is 12.2 Å². The van der Waals surface area contributed by atoms with E-state index in [1.165, 1.54) is 0 Å². The third kappa shape index (κ3) is 6.17. The third-order valence-electron chi connectivity index (χ3n) is 5.11. The van der Waals surface area contributed by atoms with Crippen molar-refractivity contribution in [3.05, 3.63) is 35.4 Å². The maximum atomic E-state index is 11.0. The molecule has 2 N–H and O–H groups in total. The van der Waals surface area contributed by atoms with E-state index in [1.807, 2.05) is 36.9 Å². The van der Waals surface area contributed by atoms with Crippen LogP contribution in [0.15, 0.2) is 24.3 Å². The van der Waals surface area contributed by atoms with Crippen molar-refractivity contribution >= 4 is 11.8 Å². The van der Waals surface area contributed by atoms with Crippen LogP contribution in [0, 0.1) is 19.3 Å². The van der Waals surface area contributed by atoms with Gasteiger partial charge in [-0.25, -0.2) is 0 Å². The quantitative estimate of drug-likeness (QED) is 0.360. The van der Waals surface area contributed by atoms with Crippen molar-refractivity contribution in [1.82, 2.24) is 15.1 Å². The second-order valence-corrected chi connectivity index (χ2v) is 7.48. The molecule has 0 bridgehead atoms. The number of rotatable bonds is 9. The molecule has 0 unspecified atom stereocenters. The molecule has 1 aliphatic heterocycles. The van der Waals surface area contributed by atoms with Crippen molar-refractivity contribution in [3.63, 3.8) is 0 Å². The van der Waals surface area contributed by atoms with E-state index in [9.17, 15) is 4.79 Å². The summed E-state index contributed by atoms with van der Waals surface area (Å²) in [4.78, 5) is 12.9. The van der Waals surface area contributed by atoms with E-state index in [0.29, 0.717) is 36.0 Å². The number of likely N-dealkylation sites (tertiary alicyclic amines) is 1. The van der Waals surface area contributed by atoms with Gasteiger partial charge in [0.2, 0.25) is 0 Å². The Kier molecular flexibility index (Phi) is 7.82. The zero-order valence-corrected chi connectivity index (χ0v) is 17.9. The topological polar surface area (TPSA) is 96.8 Å². The number of aryl methyl sites for hydroxylation is 1. The Morgan fingerprint density at radius 2 is 2.23 bits per heavy atom. The van der Waals surface area contributed by atoms with Gasteiger partial charge in [0.25, 0.3) is 0 Å². The average Bonchev–Trinajstić information content (AvgIpc) is 2.74. The minimum absolute atomic E-state index is 0.0556. The number of carboxylic acids is 1. The number of anilines is 1. The lowest BCUT2D eigenvalue weighted by atomic mass is 10.0. The Bertz CT molecular complexity index is 957. The van der Waals surface area contributed by atoms with Crippen LogP contribution in [0.1, 0.15) is 30.9 Å². The summed E-state index contributed by atoms with van der Waals surface area (Å²) in [5.41, 5.74) is 3.14. The number of ether oxygens (including phenoxy) is 2. The first kappa shape index (κ1) is 22.5. The molecule has 31 heavy (non-hydrogen) atoms. The van der Waals surface area contributed by atoms with Crippen molar-refractivity contribution in [2.45, 2.75) is 32.7 Å². The van der Waals surface area contributed by atoms with Crippen LogP contribution < -0.4 is 10.1 Å². The van der Waals surface area contributed by atoms with Gasteiger partial charge in [-0.2, -0.15) is 0 Å². The summed E-state index contributed by atoms with van der Waals surface area (Å²) < 4.78 is 11.1. The maximum Gasteiger partial charge on any atom is 0.317 e. The van der Waals surface area contributed by atoms with Crippen molar-refractivity contribution in [2.75, 3.05) is 38.4 Å². The lowest BCUT2D eigenvalue weighted by Crippen LogP contribution is -2.44. The van der Waals surface area contributed by atoms with Crippen LogP contribution in [0.3, 0.4) is 0 Å². The number of hydrogen-bond donors (Lipinski definition) is 2. The zero-order valence-electron chi connectivity index (χ0n) is 17.9. The summed E-state index contributed by atoms with van der Waals surface area (Å²) in [5.74, 6) is 3.07. The van der Waals surface area contributed by atoms with Gasteiger partial charge in [-0.3, -0.25) is 9.69 Å². The molecule has 164 valence electrons. The second-order valence-electron chi connectivity index (χ2n) is 7.48. The molecule has 0 spiro atoms. The van der Waals surface area contributed by atoms with Crippen LogP contribution in [-0.2, 0) is 9.53 Å². The lowest BCUT2D eigenvalue weighted by molar-refractivity contribution is -0.138. The number of nitrogens with zero attached hydrogens (tertiary/aromatic N) is 3. The SMILES string of the molecule is C#Cc1ccc(-c2nnc(N[C@@H]3CCCN(CC(=O)O)C3)cc2C)c(OCOCC)c1. The molecule has 3 rings (SSSR count). The maximum absolute atomic E-state index is 11.0. The largest absolute Gasteiger partial charge is 0.480 e. The van der Waals surface area contributed by atoms with Crippen LogP contribution in [-0.4, -0.2) is 65.2 Å². The van der Waals surface area contributed by atoms with Crippen LogP contribution in [0.25, 0.3) is 11.3 Å². The molecule has 1 atom stereocenters. The molecule has 1 aromatic carbocycles. The summed E-state index contributed by atoms with van der Waals surface area (Å²) in [6.45, 7) is 6.06. The van der Waals surface area contributed by atoms with Crippen LogP contribution in [0.5, 0.6) is 5.75 Å². The van der Waals surface area contributed by atoms with Crippen molar-refractivity contribution < 1.29 is 19.4 Å². The standard InChI is InChI=1S/C23H28N4O4/c1-4-17-8-9-19(20(12-17)31-15-30-5-2)23-16(3)11-21(25-26-23)24-18-7-6-10-27(13-18)14-22(28)29/h1,8-9,11-12,18H,5-7,10,13-15H2,2-3H3,(H,24,25)(H,28,29)/t18-/m1/s1. The number of aromatic nitrogens is 2. The number of terminal acetylenes is 1. The van der Waals surface area contributed by atoms with Gasteiger partial charge in [-0.1, -0.05) is 5.92 Å². The lowest BCUT2D eigenvalue weighted by Gasteiger charge is -2.32. The molecule has 2 aromatic rings. The normalized spacial score (nSPS) is 16.5. The monoisotopic (exact) mass is 424 g/mol. The minimum atomic E-state index is -0.807. The summed E-state index contributed by atoms with van der Waals surface area (Å²) in [6, 6.07) is 7.59. The average molecular weight is 425 g/mol. The highest BCUT2D eigenvalue weighted by atomic mass is 16.7. The molecule has 0 saturated carbocycles. The summed E-state index contributed by atoms with van der Waals surface area (Å²) in [7, 11) is 0. The van der Waals surface area contributed by atoms with E-state index in [1.54, 1.807) is 6.07 Å². The van der Waals surface area contributed by atoms with Crippen LogP contribution in [0.2, 0.25) is 0 Å². The van der Waals surface area contributed by atoms with Gasteiger partial charge >= 0.3 is 5.97 Å². The smallest absolute Gasteiger partial charge is 0.317 e. The molecule has 0 aliphatic carbocycles. The highest BCUT2D eigenvalue weighted by Gasteiger charge is 2.22. The fourth-order valence-corrected chi connectivity index (χ4v) is 3.65. The molecule has 1 aromatic heterocycles. The van der Waals surface area contributed by atoms with Crippen LogP contribution >= 0.6 is 0 Å². The van der Waals surface area contributed by atoms with Gasteiger partial charge < -0.3 is 19.9 Å². The molecule has 0 amide bonds. The van der Waals surface area contributed by atoms with E-state index < -0.39 is 5.97 Å². The molecule has 2 heterocycles. The van der Waals surface area contributed by atoms with E-state index in [-0.39, 0.29) is 19.4 Å². The number of hydrogen-bond acceptors (Lipinski definition) is 7. The summed E-state index contributed by atoms with van der Waals surface area (Å²) >= 11 is 0. The molecule has 1 aliphatic rings. The Morgan fingerprint density at radius 3 is 2.94 bits per heavy atom. The van der Waals surface area contributed by atoms with E-state index in [2.05, 4.69) is 21.4 Å². The third-order valence-corrected chi connectivity index (χ3v) is 5.11. The molecule has 0 radical (unpaired) electrons. The number of aliphatic carboxylic acids is 1. The molecule has 8 nitrogen and oxygen atoms in total. The number of piperidine rings is 1. The predicted molar refractivity (Wildman–Crippen MR) is 118 cm³/mol. The number of nitrogens with one attached hydrogen (secondary N) is 1. The molecular weight excluding hydrogens is 396 g/mol. The van der Waals surface area contributed by atoms with E-state index in [4.69, 9.17) is 21.0 Å². The first-order valence-electron chi connectivity index (χ1n) is 10.4. The zero-order chi connectivity index (χ0) is 22.2. The van der Waals surface area contributed by atoms with Crippen molar-refractivity contribution in [3.8, 4) is 29.4 Å². The minimum Gasteiger partial charge on any atom is -0.480 e. The molecule has 1 saturated heterocycles. The first-order chi connectivity index (χ1) is 15.0. The number of carboxylic acid groups (broad SMARTS) is 1. The summed E-state index contributed by atoms with van der Waals surface area (Å²) in [6.07, 6.45) is 7.43. The highest BCUT2D eigenvalue weighted by Crippen LogP contribution is 2.32. The summed E-state index contributed by atoms with van der Waals surface area (Å²) in [5, 5.41) is 21.2. The van der Waals surface area contributed by atoms with E-state index >= 15 is 0 Å². The Labute approximate surface area is 182 Å². The van der Waals surface area contributed by atoms with Crippen LogP contribution in [0.4, 0.5) is 5.82 Å². The fraction of sp³-hybridized carbons (Fsp3) is 0.435. The van der Waals surface area contributed by atoms with Gasteiger partial charge in [-0.05, 0) is 63.1 Å². The van der Waals surface area contributed by atoms with Gasteiger partial charge in [0.1, 0.15) is 11.6 Å². The number of carbonyl (C=O) groups is 1. The van der Waals surface area contributed by atoms with Gasteiger partial charge in [0, 0.05) is 30.3 Å². The van der Waals surface area contributed by atoms with Gasteiger partial charge in [-0.15, -0.1) is 16.6 Å². The van der Waals surface area contributed by atoms with Crippen molar-refractivity contribution in [2.24, 2.45) is 0 Å². The van der Waals surface area contributed by atoms with E-state index in [0.717, 1.165) is 30.5 Å². The van der Waals surface area contributed by atoms with Crippen molar-refractivity contribution in [1.29, 1.82) is 0 Å². The highest BCUT2D eigenvalue weighted by molar-refractivity contribution is 5.71.